The highest BCUT2D eigenvalue weighted by Gasteiger charge is 2.30. The molecule has 0 aromatic heterocycles. The number of rotatable bonds is 9. The first-order valence-electron chi connectivity index (χ1n) is 8.05. The number of hydrogen-bond donors (Lipinski definition) is 2. The van der Waals surface area contributed by atoms with Gasteiger partial charge in [-0.1, -0.05) is 27.7 Å². The summed E-state index contributed by atoms with van der Waals surface area (Å²) in [7, 11) is 0. The lowest BCUT2D eigenvalue weighted by Gasteiger charge is -2.33. The zero-order valence-electron chi connectivity index (χ0n) is 13.5. The summed E-state index contributed by atoms with van der Waals surface area (Å²) >= 11 is 0. The predicted molar refractivity (Wildman–Crippen MR) is 82.5 cm³/mol. The van der Waals surface area contributed by atoms with Crippen LogP contribution in [0, 0.1) is 5.41 Å². The van der Waals surface area contributed by atoms with E-state index in [4.69, 9.17) is 0 Å². The Morgan fingerprint density at radius 1 is 1.32 bits per heavy atom. The molecule has 0 bridgehead atoms. The van der Waals surface area contributed by atoms with Gasteiger partial charge in [0.25, 0.3) is 0 Å². The summed E-state index contributed by atoms with van der Waals surface area (Å²) in [6.07, 6.45) is 5.72. The molecule has 1 aliphatic rings. The zero-order valence-corrected chi connectivity index (χ0v) is 13.5. The van der Waals surface area contributed by atoms with E-state index in [0.717, 1.165) is 25.8 Å². The van der Waals surface area contributed by atoms with Crippen LogP contribution < -0.4 is 5.32 Å². The Hall–Kier alpha value is -0.120. The van der Waals surface area contributed by atoms with Crippen LogP contribution in [-0.4, -0.2) is 48.3 Å². The fraction of sp³-hybridized carbons (Fsp3) is 1.00. The summed E-state index contributed by atoms with van der Waals surface area (Å²) in [6, 6.07) is 0. The van der Waals surface area contributed by atoms with Crippen molar-refractivity contribution in [3.05, 3.63) is 0 Å². The fourth-order valence-corrected chi connectivity index (χ4v) is 3.08. The molecule has 1 aliphatic heterocycles. The maximum Gasteiger partial charge on any atom is 0.0613 e. The standard InChI is InChI=1S/C16H34N2O/c1-5-10-17-16(6-2,14-19)8-7-11-18-12-9-15(3,4)13-18/h17,19H,5-14H2,1-4H3. The van der Waals surface area contributed by atoms with Crippen LogP contribution in [-0.2, 0) is 0 Å². The molecule has 0 radical (unpaired) electrons. The van der Waals surface area contributed by atoms with Crippen LogP contribution in [0.2, 0.25) is 0 Å². The molecule has 1 saturated heterocycles. The lowest BCUT2D eigenvalue weighted by atomic mass is 9.90. The summed E-state index contributed by atoms with van der Waals surface area (Å²) in [4.78, 5) is 2.58. The molecule has 1 atom stereocenters. The molecule has 1 rings (SSSR count). The Balaban J connectivity index is 2.32. The smallest absolute Gasteiger partial charge is 0.0613 e. The second-order valence-electron chi connectivity index (χ2n) is 7.01. The average molecular weight is 270 g/mol. The molecule has 1 fully saturated rings. The van der Waals surface area contributed by atoms with Gasteiger partial charge < -0.3 is 15.3 Å². The number of nitrogens with zero attached hydrogens (tertiary/aromatic N) is 1. The first kappa shape index (κ1) is 16.9. The summed E-state index contributed by atoms with van der Waals surface area (Å²) in [6.45, 7) is 14.0. The molecule has 0 amide bonds. The molecule has 0 aromatic rings. The maximum atomic E-state index is 9.70. The molecule has 114 valence electrons. The molecule has 3 nitrogen and oxygen atoms in total. The third kappa shape index (κ3) is 5.41. The van der Waals surface area contributed by atoms with E-state index in [9.17, 15) is 5.11 Å². The number of nitrogens with one attached hydrogen (secondary N) is 1. The van der Waals surface area contributed by atoms with Crippen LogP contribution >= 0.6 is 0 Å². The van der Waals surface area contributed by atoms with Gasteiger partial charge in [-0.3, -0.25) is 0 Å². The van der Waals surface area contributed by atoms with Gasteiger partial charge in [-0.2, -0.15) is 0 Å². The Labute approximate surface area is 119 Å². The lowest BCUT2D eigenvalue weighted by Crippen LogP contribution is -2.48. The van der Waals surface area contributed by atoms with Gasteiger partial charge in [0.15, 0.2) is 0 Å². The lowest BCUT2D eigenvalue weighted by molar-refractivity contribution is 0.139. The average Bonchev–Trinajstić information content (AvgIpc) is 2.73. The molecule has 0 spiro atoms. The van der Waals surface area contributed by atoms with Crippen LogP contribution in [0.1, 0.15) is 59.8 Å². The Morgan fingerprint density at radius 3 is 2.53 bits per heavy atom. The van der Waals surface area contributed by atoms with Gasteiger partial charge in [0.05, 0.1) is 6.61 Å². The Morgan fingerprint density at radius 2 is 2.05 bits per heavy atom. The minimum absolute atomic E-state index is 0.0503. The topological polar surface area (TPSA) is 35.5 Å². The maximum absolute atomic E-state index is 9.70. The van der Waals surface area contributed by atoms with E-state index >= 15 is 0 Å². The summed E-state index contributed by atoms with van der Waals surface area (Å²) in [5.41, 5.74) is 0.449. The second-order valence-corrected chi connectivity index (χ2v) is 7.01. The van der Waals surface area contributed by atoms with Gasteiger partial charge >= 0.3 is 0 Å². The minimum Gasteiger partial charge on any atom is -0.394 e. The molecule has 0 saturated carbocycles. The molecule has 0 aromatic carbocycles. The van der Waals surface area contributed by atoms with Crippen molar-refractivity contribution in [1.29, 1.82) is 0 Å². The van der Waals surface area contributed by atoms with Crippen molar-refractivity contribution in [3.8, 4) is 0 Å². The van der Waals surface area contributed by atoms with E-state index < -0.39 is 0 Å². The van der Waals surface area contributed by atoms with Crippen LogP contribution in [0.15, 0.2) is 0 Å². The first-order valence-corrected chi connectivity index (χ1v) is 8.05. The van der Waals surface area contributed by atoms with Crippen molar-refractivity contribution in [3.63, 3.8) is 0 Å². The van der Waals surface area contributed by atoms with Crippen molar-refractivity contribution in [2.45, 2.75) is 65.3 Å². The predicted octanol–water partition coefficient (Wildman–Crippen LogP) is 2.64. The van der Waals surface area contributed by atoms with E-state index in [1.54, 1.807) is 0 Å². The van der Waals surface area contributed by atoms with Gasteiger partial charge in [-0.25, -0.2) is 0 Å². The molecule has 3 heteroatoms. The van der Waals surface area contributed by atoms with Crippen molar-refractivity contribution in [1.82, 2.24) is 10.2 Å². The number of aliphatic hydroxyl groups is 1. The quantitative estimate of drug-likeness (QED) is 0.676. The van der Waals surface area contributed by atoms with Crippen LogP contribution in [0.25, 0.3) is 0 Å². The van der Waals surface area contributed by atoms with E-state index in [-0.39, 0.29) is 12.1 Å². The van der Waals surface area contributed by atoms with E-state index in [1.807, 2.05) is 0 Å². The molecule has 0 aliphatic carbocycles. The molecular weight excluding hydrogens is 236 g/mol. The van der Waals surface area contributed by atoms with Gasteiger partial charge in [-0.05, 0) is 57.2 Å². The summed E-state index contributed by atoms with van der Waals surface area (Å²) in [5.74, 6) is 0. The highest BCUT2D eigenvalue weighted by Crippen LogP contribution is 2.29. The normalized spacial score (nSPS) is 22.6. The van der Waals surface area contributed by atoms with E-state index in [1.165, 1.54) is 32.5 Å². The van der Waals surface area contributed by atoms with Crippen LogP contribution in [0.4, 0.5) is 0 Å². The Kier molecular flexibility index (Phi) is 6.78. The number of likely N-dealkylation sites (tertiary alicyclic amines) is 1. The number of aliphatic hydroxyl groups excluding tert-OH is 1. The van der Waals surface area contributed by atoms with Gasteiger partial charge in [0.2, 0.25) is 0 Å². The van der Waals surface area contributed by atoms with Gasteiger partial charge in [0.1, 0.15) is 0 Å². The van der Waals surface area contributed by atoms with Crippen molar-refractivity contribution in [2.75, 3.05) is 32.8 Å². The van der Waals surface area contributed by atoms with E-state index in [0.29, 0.717) is 5.41 Å². The van der Waals surface area contributed by atoms with Gasteiger partial charge in [-0.15, -0.1) is 0 Å². The van der Waals surface area contributed by atoms with Crippen LogP contribution in [0.3, 0.4) is 0 Å². The highest BCUT2D eigenvalue weighted by atomic mass is 16.3. The van der Waals surface area contributed by atoms with Crippen molar-refractivity contribution in [2.24, 2.45) is 5.41 Å². The third-order valence-corrected chi connectivity index (χ3v) is 4.62. The van der Waals surface area contributed by atoms with Crippen LogP contribution in [0.5, 0.6) is 0 Å². The SMILES string of the molecule is CCCNC(CC)(CO)CCCN1CCC(C)(C)C1. The van der Waals surface area contributed by atoms with Crippen molar-refractivity contribution >= 4 is 0 Å². The Bertz CT molecular complexity index is 249. The minimum atomic E-state index is -0.0503. The largest absolute Gasteiger partial charge is 0.394 e. The second kappa shape index (κ2) is 7.61. The van der Waals surface area contributed by atoms with Gasteiger partial charge in [0, 0.05) is 12.1 Å². The molecule has 1 heterocycles. The number of hydrogen-bond acceptors (Lipinski definition) is 3. The fourth-order valence-electron chi connectivity index (χ4n) is 3.08. The highest BCUT2D eigenvalue weighted by molar-refractivity contribution is 4.87. The molecule has 2 N–H and O–H groups in total. The molecule has 19 heavy (non-hydrogen) atoms. The zero-order chi connectivity index (χ0) is 14.4. The monoisotopic (exact) mass is 270 g/mol. The molecule has 1 unspecified atom stereocenters. The molecular formula is C16H34N2O. The third-order valence-electron chi connectivity index (χ3n) is 4.62. The first-order chi connectivity index (χ1) is 8.97. The van der Waals surface area contributed by atoms with Crippen molar-refractivity contribution < 1.29 is 5.11 Å². The van der Waals surface area contributed by atoms with E-state index in [2.05, 4.69) is 37.9 Å². The summed E-state index contributed by atoms with van der Waals surface area (Å²) < 4.78 is 0. The summed E-state index contributed by atoms with van der Waals surface area (Å²) in [5, 5.41) is 13.3.